The zero-order valence-electron chi connectivity index (χ0n) is 13.7. The molecule has 1 aliphatic rings. The molecule has 0 spiro atoms. The molecule has 1 fully saturated rings. The molecule has 3 rings (SSSR count). The highest BCUT2D eigenvalue weighted by molar-refractivity contribution is 6.40. The molecule has 0 bridgehead atoms. The van der Waals surface area contributed by atoms with E-state index >= 15 is 0 Å². The van der Waals surface area contributed by atoms with Gasteiger partial charge >= 0.3 is 5.97 Å². The van der Waals surface area contributed by atoms with Gasteiger partial charge in [-0.05, 0) is 24.7 Å². The van der Waals surface area contributed by atoms with E-state index in [9.17, 15) is 14.9 Å². The quantitative estimate of drug-likeness (QED) is 0.473. The largest absolute Gasteiger partial charge is 0.450 e. The Labute approximate surface area is 160 Å². The predicted molar refractivity (Wildman–Crippen MR) is 98.8 cm³/mol. The van der Waals surface area contributed by atoms with E-state index in [2.05, 4.69) is 5.32 Å². The summed E-state index contributed by atoms with van der Waals surface area (Å²) in [5.41, 5.74) is -0.535. The maximum Gasteiger partial charge on any atom is 0.342 e. The van der Waals surface area contributed by atoms with Crippen molar-refractivity contribution in [3.05, 3.63) is 73.8 Å². The molecule has 26 heavy (non-hydrogen) atoms. The van der Waals surface area contributed by atoms with E-state index in [-0.39, 0.29) is 21.3 Å². The normalized spacial score (nSPS) is 16.1. The van der Waals surface area contributed by atoms with Gasteiger partial charge in [0.2, 0.25) is 0 Å². The summed E-state index contributed by atoms with van der Waals surface area (Å²) in [7, 11) is 0. The third kappa shape index (κ3) is 3.53. The molecular weight excluding hydrogens is 379 g/mol. The van der Waals surface area contributed by atoms with Gasteiger partial charge in [-0.15, -0.1) is 0 Å². The SMILES string of the molecule is O=C(OC1(c2ccccc2)CCNCC1)c1c(Cl)ccc([N+](=O)[O-])c1Cl. The Morgan fingerprint density at radius 2 is 1.77 bits per heavy atom. The molecule has 0 aliphatic carbocycles. The Morgan fingerprint density at radius 1 is 1.12 bits per heavy atom. The van der Waals surface area contributed by atoms with Crippen molar-refractivity contribution >= 4 is 34.9 Å². The van der Waals surface area contributed by atoms with Crippen LogP contribution in [0.3, 0.4) is 0 Å². The standard InChI is InChI=1S/C18H16Cl2N2O4/c19-13-6-7-14(22(24)25)16(20)15(13)17(23)26-18(8-10-21-11-9-18)12-4-2-1-3-5-12/h1-7,21H,8-11H2. The minimum Gasteiger partial charge on any atom is -0.450 e. The number of carbonyl (C=O) groups excluding carboxylic acids is 1. The van der Waals surface area contributed by atoms with Gasteiger partial charge in [0.05, 0.1) is 9.95 Å². The van der Waals surface area contributed by atoms with Crippen LogP contribution >= 0.6 is 23.2 Å². The Morgan fingerprint density at radius 3 is 2.38 bits per heavy atom. The van der Waals surface area contributed by atoms with Gasteiger partial charge in [0.1, 0.15) is 16.2 Å². The van der Waals surface area contributed by atoms with E-state index < -0.39 is 16.5 Å². The minimum atomic E-state index is -0.832. The molecule has 0 amide bonds. The average Bonchev–Trinajstić information content (AvgIpc) is 2.63. The summed E-state index contributed by atoms with van der Waals surface area (Å²) in [6, 6.07) is 11.9. The second-order valence-electron chi connectivity index (χ2n) is 6.01. The van der Waals surface area contributed by atoms with Crippen LogP contribution in [0, 0.1) is 10.1 Å². The third-order valence-electron chi connectivity index (χ3n) is 4.47. The molecule has 2 aromatic rings. The van der Waals surface area contributed by atoms with Crippen molar-refractivity contribution in [2.45, 2.75) is 18.4 Å². The summed E-state index contributed by atoms with van der Waals surface area (Å²) in [6.45, 7) is 1.36. The van der Waals surface area contributed by atoms with E-state index in [1.54, 1.807) is 0 Å². The second-order valence-corrected chi connectivity index (χ2v) is 6.80. The van der Waals surface area contributed by atoms with E-state index in [0.29, 0.717) is 25.9 Å². The first-order valence-corrected chi connectivity index (χ1v) is 8.82. The van der Waals surface area contributed by atoms with Gasteiger partial charge < -0.3 is 10.1 Å². The fraction of sp³-hybridized carbons (Fsp3) is 0.278. The molecule has 8 heteroatoms. The van der Waals surface area contributed by atoms with Crippen LogP contribution in [0.4, 0.5) is 5.69 Å². The Hall–Kier alpha value is -2.15. The fourth-order valence-corrected chi connectivity index (χ4v) is 3.71. The number of nitrogens with zero attached hydrogens (tertiary/aromatic N) is 1. The number of esters is 1. The number of ether oxygens (including phenoxy) is 1. The van der Waals surface area contributed by atoms with Crippen LogP contribution in [0.25, 0.3) is 0 Å². The van der Waals surface area contributed by atoms with Gasteiger partial charge in [-0.2, -0.15) is 0 Å². The average molecular weight is 395 g/mol. The lowest BCUT2D eigenvalue weighted by molar-refractivity contribution is -0.384. The van der Waals surface area contributed by atoms with Crippen molar-refractivity contribution in [3.8, 4) is 0 Å². The molecule has 1 aliphatic heterocycles. The minimum absolute atomic E-state index is 0.0164. The number of carbonyl (C=O) groups is 1. The van der Waals surface area contributed by atoms with Gasteiger partial charge in [0.25, 0.3) is 5.69 Å². The van der Waals surface area contributed by atoms with E-state index in [1.165, 1.54) is 12.1 Å². The van der Waals surface area contributed by atoms with Crippen LogP contribution in [-0.2, 0) is 10.3 Å². The molecule has 2 aromatic carbocycles. The van der Waals surface area contributed by atoms with E-state index in [0.717, 1.165) is 5.56 Å². The van der Waals surface area contributed by atoms with Crippen molar-refractivity contribution in [2.75, 3.05) is 13.1 Å². The molecule has 0 radical (unpaired) electrons. The summed E-state index contributed by atoms with van der Waals surface area (Å²) in [6.07, 6.45) is 1.15. The summed E-state index contributed by atoms with van der Waals surface area (Å²) in [4.78, 5) is 23.3. The number of hydrogen-bond donors (Lipinski definition) is 1. The van der Waals surface area contributed by atoms with E-state index in [1.807, 2.05) is 30.3 Å². The smallest absolute Gasteiger partial charge is 0.342 e. The maximum atomic E-state index is 12.9. The second kappa shape index (κ2) is 7.61. The summed E-state index contributed by atoms with van der Waals surface area (Å²) in [5, 5.41) is 14.0. The number of halogens is 2. The number of hydrogen-bond acceptors (Lipinski definition) is 5. The van der Waals surface area contributed by atoms with Crippen LogP contribution in [0.2, 0.25) is 10.0 Å². The van der Waals surface area contributed by atoms with Gasteiger partial charge in [-0.3, -0.25) is 10.1 Å². The molecule has 0 saturated carbocycles. The molecule has 0 atom stereocenters. The first kappa shape index (κ1) is 18.6. The topological polar surface area (TPSA) is 81.5 Å². The molecule has 0 unspecified atom stereocenters. The summed E-state index contributed by atoms with van der Waals surface area (Å²) in [5.74, 6) is -0.769. The number of piperidine rings is 1. The van der Waals surface area contributed by atoms with Gasteiger partial charge in [-0.25, -0.2) is 4.79 Å². The van der Waals surface area contributed by atoms with Gasteiger partial charge in [0.15, 0.2) is 0 Å². The van der Waals surface area contributed by atoms with Gasteiger partial charge in [0, 0.05) is 18.9 Å². The first-order valence-electron chi connectivity index (χ1n) is 8.06. The zero-order valence-corrected chi connectivity index (χ0v) is 15.2. The molecule has 1 N–H and O–H groups in total. The highest BCUT2D eigenvalue weighted by Crippen LogP contribution is 2.39. The fourth-order valence-electron chi connectivity index (χ4n) is 3.12. The number of rotatable bonds is 4. The van der Waals surface area contributed by atoms with E-state index in [4.69, 9.17) is 27.9 Å². The van der Waals surface area contributed by atoms with Crippen molar-refractivity contribution in [1.29, 1.82) is 0 Å². The predicted octanol–water partition coefficient (Wildman–Crippen LogP) is 4.34. The molecule has 6 nitrogen and oxygen atoms in total. The lowest BCUT2D eigenvalue weighted by Gasteiger charge is -2.37. The van der Waals surface area contributed by atoms with Crippen LogP contribution in [0.15, 0.2) is 42.5 Å². The first-order chi connectivity index (χ1) is 12.4. The summed E-state index contributed by atoms with van der Waals surface area (Å²) < 4.78 is 5.88. The lowest BCUT2D eigenvalue weighted by atomic mass is 9.84. The van der Waals surface area contributed by atoms with Gasteiger partial charge in [-0.1, -0.05) is 53.5 Å². The van der Waals surface area contributed by atoms with Crippen molar-refractivity contribution in [2.24, 2.45) is 0 Å². The van der Waals surface area contributed by atoms with Crippen LogP contribution < -0.4 is 5.32 Å². The number of nitrogens with one attached hydrogen (secondary N) is 1. The third-order valence-corrected chi connectivity index (χ3v) is 5.17. The highest BCUT2D eigenvalue weighted by Gasteiger charge is 2.39. The maximum absolute atomic E-state index is 12.9. The summed E-state index contributed by atoms with van der Waals surface area (Å²) >= 11 is 12.2. The van der Waals surface area contributed by atoms with Crippen molar-refractivity contribution in [3.63, 3.8) is 0 Å². The van der Waals surface area contributed by atoms with Crippen molar-refractivity contribution < 1.29 is 14.5 Å². The molecular formula is C18H16Cl2N2O4. The highest BCUT2D eigenvalue weighted by atomic mass is 35.5. The molecule has 1 saturated heterocycles. The molecule has 136 valence electrons. The van der Waals surface area contributed by atoms with Crippen LogP contribution in [-0.4, -0.2) is 24.0 Å². The Kier molecular flexibility index (Phi) is 5.46. The monoisotopic (exact) mass is 394 g/mol. The lowest BCUT2D eigenvalue weighted by Crippen LogP contribution is -2.43. The molecule has 0 aromatic heterocycles. The number of nitro groups is 1. The van der Waals surface area contributed by atoms with Crippen molar-refractivity contribution in [1.82, 2.24) is 5.32 Å². The number of nitro benzene ring substituents is 1. The number of benzene rings is 2. The zero-order chi connectivity index (χ0) is 18.7. The van der Waals surface area contributed by atoms with Crippen LogP contribution in [0.5, 0.6) is 0 Å². The Bertz CT molecular complexity index is 837. The molecule has 1 heterocycles. The van der Waals surface area contributed by atoms with Crippen LogP contribution in [0.1, 0.15) is 28.8 Å². The Balaban J connectivity index is 2.00.